The number of nitrogens with zero attached hydrogens (tertiary/aromatic N) is 3. The molecule has 76 valence electrons. The van der Waals surface area contributed by atoms with Gasteiger partial charge in [0.25, 0.3) is 0 Å². The molecule has 7 nitrogen and oxygen atoms in total. The Morgan fingerprint density at radius 2 is 2.20 bits per heavy atom. The van der Waals surface area contributed by atoms with Crippen LogP contribution in [-0.2, 0) is 0 Å². The molecule has 0 fully saturated rings. The van der Waals surface area contributed by atoms with E-state index in [2.05, 4.69) is 29.3 Å². The number of nitrogens with one attached hydrogen (secondary N) is 2. The third-order valence-electron chi connectivity index (χ3n) is 1.54. The standard InChI is InChI=1S/C5H4N4.C3H3NO2/c1-4-5(8-2-6-1)9-3-7-4;5-3-4-1-2-6-3/h1-3H,(H,6,7,8,9);1-2H,(H,4,5). The highest BCUT2D eigenvalue weighted by atomic mass is 16.4. The summed E-state index contributed by atoms with van der Waals surface area (Å²) < 4.78 is 4.22. The van der Waals surface area contributed by atoms with E-state index >= 15 is 0 Å². The zero-order chi connectivity index (χ0) is 10.5. The minimum atomic E-state index is -0.407. The molecule has 3 rings (SSSR count). The lowest BCUT2D eigenvalue weighted by Crippen LogP contribution is -1.91. The van der Waals surface area contributed by atoms with E-state index in [0.717, 1.165) is 5.52 Å². The Morgan fingerprint density at radius 1 is 1.27 bits per heavy atom. The van der Waals surface area contributed by atoms with Crippen molar-refractivity contribution in [1.29, 1.82) is 0 Å². The van der Waals surface area contributed by atoms with Crippen LogP contribution < -0.4 is 5.76 Å². The van der Waals surface area contributed by atoms with Gasteiger partial charge >= 0.3 is 5.76 Å². The van der Waals surface area contributed by atoms with Gasteiger partial charge in [-0.05, 0) is 0 Å². The largest absolute Gasteiger partial charge is 0.417 e. The minimum absolute atomic E-state index is 0.407. The lowest BCUT2D eigenvalue weighted by Gasteiger charge is -1.80. The third-order valence-corrected chi connectivity index (χ3v) is 1.54. The second kappa shape index (κ2) is 4.18. The molecule has 0 saturated heterocycles. The number of oxazole rings is 1. The van der Waals surface area contributed by atoms with Gasteiger partial charge in [-0.1, -0.05) is 0 Å². The predicted molar refractivity (Wildman–Crippen MR) is 51.0 cm³/mol. The Morgan fingerprint density at radius 3 is 2.80 bits per heavy atom. The van der Waals surface area contributed by atoms with E-state index in [1.165, 1.54) is 18.8 Å². The van der Waals surface area contributed by atoms with Crippen molar-refractivity contribution in [3.63, 3.8) is 0 Å². The average Bonchev–Trinajstić information content (AvgIpc) is 2.88. The summed E-state index contributed by atoms with van der Waals surface area (Å²) in [7, 11) is 0. The Labute approximate surface area is 83.2 Å². The number of hydrogen-bond donors (Lipinski definition) is 2. The smallest absolute Gasteiger partial charge is 0.416 e. The fraction of sp³-hybridized carbons (Fsp3) is 0. The molecule has 15 heavy (non-hydrogen) atoms. The second-order valence-corrected chi connectivity index (χ2v) is 2.51. The molecule has 0 aliphatic heterocycles. The molecule has 0 amide bonds. The van der Waals surface area contributed by atoms with Crippen LogP contribution in [0.25, 0.3) is 11.2 Å². The van der Waals surface area contributed by atoms with Gasteiger partial charge in [-0.2, -0.15) is 0 Å². The van der Waals surface area contributed by atoms with Crippen molar-refractivity contribution in [2.24, 2.45) is 0 Å². The van der Waals surface area contributed by atoms with Gasteiger partial charge in [0.1, 0.15) is 18.1 Å². The van der Waals surface area contributed by atoms with Crippen LogP contribution in [0.4, 0.5) is 0 Å². The molecule has 0 radical (unpaired) electrons. The van der Waals surface area contributed by atoms with E-state index in [9.17, 15) is 4.79 Å². The fourth-order valence-corrected chi connectivity index (χ4v) is 0.923. The first-order chi connectivity index (χ1) is 7.36. The second-order valence-electron chi connectivity index (χ2n) is 2.51. The first kappa shape index (κ1) is 9.13. The van der Waals surface area contributed by atoms with Gasteiger partial charge in [0.2, 0.25) is 0 Å². The summed E-state index contributed by atoms with van der Waals surface area (Å²) in [6.07, 6.45) is 7.49. The molecule has 0 bridgehead atoms. The van der Waals surface area contributed by atoms with Crippen molar-refractivity contribution in [2.75, 3.05) is 0 Å². The monoisotopic (exact) mass is 205 g/mol. The molecule has 2 N–H and O–H groups in total. The molecule has 3 aromatic heterocycles. The van der Waals surface area contributed by atoms with Crippen molar-refractivity contribution in [2.45, 2.75) is 0 Å². The van der Waals surface area contributed by atoms with Crippen LogP contribution >= 0.6 is 0 Å². The highest BCUT2D eigenvalue weighted by molar-refractivity contribution is 5.67. The van der Waals surface area contributed by atoms with E-state index < -0.39 is 5.76 Å². The number of imidazole rings is 1. The Kier molecular flexibility index (Phi) is 2.54. The van der Waals surface area contributed by atoms with Crippen molar-refractivity contribution >= 4 is 11.2 Å². The van der Waals surface area contributed by atoms with Gasteiger partial charge in [0.05, 0.1) is 12.5 Å². The van der Waals surface area contributed by atoms with Crippen molar-refractivity contribution in [1.82, 2.24) is 24.9 Å². The zero-order valence-electron chi connectivity index (χ0n) is 7.54. The minimum Gasteiger partial charge on any atom is -0.417 e. The highest BCUT2D eigenvalue weighted by Crippen LogP contribution is 1.99. The van der Waals surface area contributed by atoms with Gasteiger partial charge in [-0.3, -0.25) is 4.98 Å². The first-order valence-electron chi connectivity index (χ1n) is 4.07. The first-order valence-corrected chi connectivity index (χ1v) is 4.07. The molecule has 7 heteroatoms. The Bertz CT molecular complexity index is 535. The normalized spacial score (nSPS) is 9.60. The van der Waals surface area contributed by atoms with Crippen LogP contribution in [0.2, 0.25) is 0 Å². The number of fused-ring (bicyclic) bond motifs is 1. The number of aromatic amines is 2. The Hall–Kier alpha value is -2.44. The molecule has 0 unspecified atom stereocenters. The van der Waals surface area contributed by atoms with Crippen LogP contribution in [0.15, 0.2) is 40.5 Å². The van der Waals surface area contributed by atoms with Crippen LogP contribution in [0.1, 0.15) is 0 Å². The van der Waals surface area contributed by atoms with Crippen LogP contribution in [-0.4, -0.2) is 24.9 Å². The highest BCUT2D eigenvalue weighted by Gasteiger charge is 1.91. The Balaban J connectivity index is 0.000000124. The lowest BCUT2D eigenvalue weighted by molar-refractivity contribution is 0.515. The molecular weight excluding hydrogens is 198 g/mol. The predicted octanol–water partition coefficient (Wildman–Crippen LogP) is 0.321. The summed E-state index contributed by atoms with van der Waals surface area (Å²) in [6, 6.07) is 0. The maximum Gasteiger partial charge on any atom is 0.416 e. The van der Waals surface area contributed by atoms with Gasteiger partial charge in [0, 0.05) is 6.20 Å². The van der Waals surface area contributed by atoms with E-state index in [-0.39, 0.29) is 0 Å². The summed E-state index contributed by atoms with van der Waals surface area (Å²) >= 11 is 0. The summed E-state index contributed by atoms with van der Waals surface area (Å²) in [5, 5.41) is 0. The molecule has 0 aliphatic rings. The van der Waals surface area contributed by atoms with Gasteiger partial charge in [0.15, 0.2) is 5.65 Å². The van der Waals surface area contributed by atoms with Crippen LogP contribution in [0.5, 0.6) is 0 Å². The van der Waals surface area contributed by atoms with E-state index in [0.29, 0.717) is 5.65 Å². The molecule has 0 aliphatic carbocycles. The van der Waals surface area contributed by atoms with E-state index in [1.807, 2.05) is 0 Å². The van der Waals surface area contributed by atoms with Gasteiger partial charge in [-0.15, -0.1) is 0 Å². The average molecular weight is 205 g/mol. The maximum atomic E-state index is 9.85. The molecule has 3 heterocycles. The van der Waals surface area contributed by atoms with Crippen molar-refractivity contribution in [3.05, 3.63) is 41.9 Å². The maximum absolute atomic E-state index is 9.85. The quantitative estimate of drug-likeness (QED) is 0.550. The SMILES string of the molecule is O=c1[nH]cco1.c1ncc2[nH]cnc2n1. The fourth-order valence-electron chi connectivity index (χ4n) is 0.923. The topological polar surface area (TPSA) is 100 Å². The molecular formula is C8H7N5O2. The molecule has 0 atom stereocenters. The lowest BCUT2D eigenvalue weighted by atomic mass is 10.6. The van der Waals surface area contributed by atoms with Crippen molar-refractivity contribution < 1.29 is 4.42 Å². The molecule has 0 aromatic carbocycles. The number of hydrogen-bond acceptors (Lipinski definition) is 5. The summed E-state index contributed by atoms with van der Waals surface area (Å²) in [5.41, 5.74) is 1.59. The number of H-pyrrole nitrogens is 2. The van der Waals surface area contributed by atoms with Gasteiger partial charge in [-0.25, -0.2) is 19.7 Å². The van der Waals surface area contributed by atoms with E-state index in [1.54, 1.807) is 12.5 Å². The summed E-state index contributed by atoms with van der Waals surface area (Å²) in [5.74, 6) is -0.407. The summed E-state index contributed by atoms with van der Waals surface area (Å²) in [6.45, 7) is 0. The number of aromatic nitrogens is 5. The number of rotatable bonds is 0. The molecule has 3 aromatic rings. The van der Waals surface area contributed by atoms with Crippen LogP contribution in [0.3, 0.4) is 0 Å². The summed E-state index contributed by atoms with van der Waals surface area (Å²) in [4.78, 5) is 26.6. The van der Waals surface area contributed by atoms with E-state index in [4.69, 9.17) is 0 Å². The van der Waals surface area contributed by atoms with Crippen LogP contribution in [0, 0.1) is 0 Å². The third kappa shape index (κ3) is 2.27. The van der Waals surface area contributed by atoms with Gasteiger partial charge < -0.3 is 9.40 Å². The zero-order valence-corrected chi connectivity index (χ0v) is 7.54. The van der Waals surface area contributed by atoms with Crippen molar-refractivity contribution in [3.8, 4) is 0 Å². The molecule has 0 saturated carbocycles. The molecule has 0 spiro atoms.